The van der Waals surface area contributed by atoms with E-state index in [-0.39, 0.29) is 11.9 Å². The number of carbonyl (C=O) groups excluding carboxylic acids is 2. The van der Waals surface area contributed by atoms with Crippen molar-refractivity contribution in [2.24, 2.45) is 5.73 Å². The first-order valence-corrected chi connectivity index (χ1v) is 7.96. The molecule has 0 radical (unpaired) electrons. The summed E-state index contributed by atoms with van der Waals surface area (Å²) in [5.41, 5.74) is 6.98. The molecule has 0 bridgehead atoms. The van der Waals surface area contributed by atoms with Gasteiger partial charge in [0, 0.05) is 23.8 Å². The van der Waals surface area contributed by atoms with Crippen LogP contribution < -0.4 is 5.73 Å². The van der Waals surface area contributed by atoms with Crippen molar-refractivity contribution in [1.29, 1.82) is 0 Å². The van der Waals surface area contributed by atoms with Crippen molar-refractivity contribution in [1.82, 2.24) is 9.88 Å². The number of hydrogen-bond donors (Lipinski definition) is 2. The number of hydrogen-bond acceptors (Lipinski definition) is 2. The van der Waals surface area contributed by atoms with E-state index in [1.165, 1.54) is 12.3 Å². The molecule has 2 amide bonds. The monoisotopic (exact) mass is 331 g/mol. The molecular weight excluding hydrogens is 314 g/mol. The average molecular weight is 332 g/mol. The molecule has 1 fully saturated rings. The Bertz CT molecular complexity index is 741. The van der Waals surface area contributed by atoms with Crippen molar-refractivity contribution < 1.29 is 9.59 Å². The quantitative estimate of drug-likeness (QED) is 0.903. The van der Waals surface area contributed by atoms with Crippen molar-refractivity contribution in [2.45, 2.75) is 25.3 Å². The predicted molar refractivity (Wildman–Crippen MR) is 88.5 cm³/mol. The maximum absolute atomic E-state index is 12.7. The lowest BCUT2D eigenvalue weighted by Gasteiger charge is -2.24. The summed E-state index contributed by atoms with van der Waals surface area (Å²) < 4.78 is 0. The van der Waals surface area contributed by atoms with Crippen molar-refractivity contribution in [3.05, 3.63) is 58.4 Å². The lowest BCUT2D eigenvalue weighted by molar-refractivity contribution is 0.0731. The highest BCUT2D eigenvalue weighted by atomic mass is 35.5. The Balaban J connectivity index is 1.76. The summed E-state index contributed by atoms with van der Waals surface area (Å²) in [7, 11) is 0. The summed E-state index contributed by atoms with van der Waals surface area (Å²) in [6, 6.07) is 9.32. The molecule has 1 aliphatic rings. The molecule has 3 rings (SSSR count). The maximum atomic E-state index is 12.7. The Labute approximate surface area is 139 Å². The molecule has 1 saturated heterocycles. The molecule has 1 aromatic carbocycles. The molecule has 1 aromatic heterocycles. The van der Waals surface area contributed by atoms with E-state index in [2.05, 4.69) is 4.98 Å². The molecule has 2 heterocycles. The summed E-state index contributed by atoms with van der Waals surface area (Å²) in [5.74, 6) is -0.651. The SMILES string of the molecule is NC(=O)c1c[nH]c(C(=O)N2CCCC2Cc2ccccc2Cl)c1. The number of primary amides is 1. The van der Waals surface area contributed by atoms with Gasteiger partial charge in [-0.2, -0.15) is 0 Å². The van der Waals surface area contributed by atoms with Gasteiger partial charge in [-0.15, -0.1) is 0 Å². The molecule has 1 unspecified atom stereocenters. The summed E-state index contributed by atoms with van der Waals surface area (Å²) in [6.45, 7) is 0.707. The lowest BCUT2D eigenvalue weighted by Crippen LogP contribution is -2.37. The molecule has 0 saturated carbocycles. The third kappa shape index (κ3) is 3.24. The van der Waals surface area contributed by atoms with Gasteiger partial charge in [0.2, 0.25) is 5.91 Å². The van der Waals surface area contributed by atoms with E-state index >= 15 is 0 Å². The molecule has 1 atom stereocenters. The van der Waals surface area contributed by atoms with Crippen LogP contribution in [0.1, 0.15) is 39.3 Å². The highest BCUT2D eigenvalue weighted by Crippen LogP contribution is 2.26. The molecule has 5 nitrogen and oxygen atoms in total. The minimum atomic E-state index is -0.547. The molecule has 120 valence electrons. The molecule has 1 aliphatic heterocycles. The van der Waals surface area contributed by atoms with Crippen LogP contribution in [-0.2, 0) is 6.42 Å². The number of likely N-dealkylation sites (tertiary alicyclic amines) is 1. The van der Waals surface area contributed by atoms with Crippen molar-refractivity contribution in [2.75, 3.05) is 6.54 Å². The van der Waals surface area contributed by atoms with Crippen LogP contribution in [0.25, 0.3) is 0 Å². The van der Waals surface area contributed by atoms with Gasteiger partial charge in [0.05, 0.1) is 5.56 Å². The first-order valence-electron chi connectivity index (χ1n) is 7.59. The summed E-state index contributed by atoms with van der Waals surface area (Å²) in [4.78, 5) is 28.5. The van der Waals surface area contributed by atoms with Gasteiger partial charge in [-0.25, -0.2) is 0 Å². The van der Waals surface area contributed by atoms with Crippen LogP contribution in [0.2, 0.25) is 5.02 Å². The van der Waals surface area contributed by atoms with Crippen LogP contribution in [0.4, 0.5) is 0 Å². The third-order valence-corrected chi connectivity index (χ3v) is 4.62. The van der Waals surface area contributed by atoms with Crippen LogP contribution >= 0.6 is 11.6 Å². The molecule has 6 heteroatoms. The standard InChI is InChI=1S/C17H18ClN3O2/c18-14-6-2-1-4-11(14)8-13-5-3-7-21(13)17(23)15-9-12(10-20-15)16(19)22/h1-2,4,6,9-10,13,20H,3,5,7-8H2,(H2,19,22). The van der Waals surface area contributed by atoms with Crippen LogP contribution in [0.15, 0.2) is 36.5 Å². The van der Waals surface area contributed by atoms with Crippen molar-refractivity contribution >= 4 is 23.4 Å². The number of aromatic nitrogens is 1. The number of H-pyrrole nitrogens is 1. The van der Waals surface area contributed by atoms with Crippen LogP contribution in [0.5, 0.6) is 0 Å². The smallest absolute Gasteiger partial charge is 0.270 e. The number of carbonyl (C=O) groups is 2. The number of nitrogens with two attached hydrogens (primary N) is 1. The van der Waals surface area contributed by atoms with Gasteiger partial charge in [-0.05, 0) is 37.0 Å². The zero-order valence-electron chi connectivity index (χ0n) is 12.6. The predicted octanol–water partition coefficient (Wildman–Crippen LogP) is 2.61. The molecule has 3 N–H and O–H groups in total. The molecule has 0 spiro atoms. The van der Waals surface area contributed by atoms with Gasteiger partial charge in [-0.3, -0.25) is 9.59 Å². The highest BCUT2D eigenvalue weighted by Gasteiger charge is 2.30. The zero-order valence-corrected chi connectivity index (χ0v) is 13.3. The van der Waals surface area contributed by atoms with Gasteiger partial charge >= 0.3 is 0 Å². The topological polar surface area (TPSA) is 79.2 Å². The van der Waals surface area contributed by atoms with Gasteiger partial charge in [0.25, 0.3) is 5.91 Å². The second kappa shape index (κ2) is 6.46. The number of nitrogens with zero attached hydrogens (tertiary/aromatic N) is 1. The van der Waals surface area contributed by atoms with E-state index in [0.29, 0.717) is 17.8 Å². The Morgan fingerprint density at radius 1 is 1.35 bits per heavy atom. The van der Waals surface area contributed by atoms with E-state index in [1.807, 2.05) is 29.2 Å². The molecule has 23 heavy (non-hydrogen) atoms. The number of nitrogens with one attached hydrogen (secondary N) is 1. The van der Waals surface area contributed by atoms with E-state index in [0.717, 1.165) is 29.8 Å². The number of aromatic amines is 1. The number of rotatable bonds is 4. The third-order valence-electron chi connectivity index (χ3n) is 4.25. The minimum absolute atomic E-state index is 0.105. The first kappa shape index (κ1) is 15.6. The Kier molecular flexibility index (Phi) is 4.39. The maximum Gasteiger partial charge on any atom is 0.270 e. The van der Waals surface area contributed by atoms with E-state index in [4.69, 9.17) is 17.3 Å². The fraction of sp³-hybridized carbons (Fsp3) is 0.294. The lowest BCUT2D eigenvalue weighted by atomic mass is 10.0. The second-order valence-electron chi connectivity index (χ2n) is 5.76. The van der Waals surface area contributed by atoms with Crippen molar-refractivity contribution in [3.63, 3.8) is 0 Å². The largest absolute Gasteiger partial charge is 0.366 e. The van der Waals surface area contributed by atoms with Gasteiger partial charge in [0.15, 0.2) is 0 Å². The number of amides is 2. The fourth-order valence-electron chi connectivity index (χ4n) is 3.05. The van der Waals surface area contributed by atoms with Gasteiger partial charge < -0.3 is 15.6 Å². The average Bonchev–Trinajstić information content (AvgIpc) is 3.18. The van der Waals surface area contributed by atoms with Crippen LogP contribution in [-0.4, -0.2) is 34.3 Å². The van der Waals surface area contributed by atoms with Crippen LogP contribution in [0, 0.1) is 0 Å². The van der Waals surface area contributed by atoms with E-state index in [9.17, 15) is 9.59 Å². The Hall–Kier alpha value is -2.27. The van der Waals surface area contributed by atoms with E-state index < -0.39 is 5.91 Å². The zero-order chi connectivity index (χ0) is 16.4. The van der Waals surface area contributed by atoms with Crippen LogP contribution in [0.3, 0.4) is 0 Å². The Morgan fingerprint density at radius 3 is 2.83 bits per heavy atom. The van der Waals surface area contributed by atoms with E-state index in [1.54, 1.807) is 0 Å². The fourth-order valence-corrected chi connectivity index (χ4v) is 3.26. The Morgan fingerprint density at radius 2 is 2.13 bits per heavy atom. The highest BCUT2D eigenvalue weighted by molar-refractivity contribution is 6.31. The molecule has 2 aromatic rings. The molecule has 0 aliphatic carbocycles. The normalized spacial score (nSPS) is 17.4. The summed E-state index contributed by atoms with van der Waals surface area (Å²) in [6.07, 6.45) is 4.11. The van der Waals surface area contributed by atoms with Crippen molar-refractivity contribution in [3.8, 4) is 0 Å². The number of halogens is 1. The second-order valence-corrected chi connectivity index (χ2v) is 6.16. The minimum Gasteiger partial charge on any atom is -0.366 e. The number of benzene rings is 1. The summed E-state index contributed by atoms with van der Waals surface area (Å²) >= 11 is 6.22. The van der Waals surface area contributed by atoms with Gasteiger partial charge in [-0.1, -0.05) is 29.8 Å². The first-order chi connectivity index (χ1) is 11.1. The molecular formula is C17H18ClN3O2. The van der Waals surface area contributed by atoms with Gasteiger partial charge in [0.1, 0.15) is 5.69 Å². The summed E-state index contributed by atoms with van der Waals surface area (Å²) in [5, 5.41) is 0.725.